The van der Waals surface area contributed by atoms with Crippen molar-refractivity contribution >= 4 is 17.5 Å². The normalized spacial score (nSPS) is 14.9. The van der Waals surface area contributed by atoms with Crippen LogP contribution in [0.25, 0.3) is 0 Å². The van der Waals surface area contributed by atoms with E-state index in [0.717, 1.165) is 31.4 Å². The third-order valence-corrected chi connectivity index (χ3v) is 5.95. The molecule has 0 fully saturated rings. The van der Waals surface area contributed by atoms with Crippen molar-refractivity contribution in [3.05, 3.63) is 29.8 Å². The van der Waals surface area contributed by atoms with Crippen LogP contribution in [0.2, 0.25) is 0 Å². The summed E-state index contributed by atoms with van der Waals surface area (Å²) in [6.07, 6.45) is 3.39. The molecule has 8 N–H and O–H groups in total. The molecule has 0 aromatic heterocycles. The Balaban J connectivity index is 2.71. The molecular weight excluding hydrogens is 422 g/mol. The molecule has 1 rings (SSSR count). The van der Waals surface area contributed by atoms with Crippen LogP contribution < -0.4 is 27.4 Å². The standard InChI is InChI=1S/C24H41N5O4/c1-4-16(2)23(25)22(32)15-28-19(7-5-6-12-27-3)21(31)14-29-20(24(26)33)13-17-8-10-18(30)11-9-17/h8-11,16,19-20,23,27-30H,4-7,12-15,25H2,1-3H3,(H2,26,33)/t16-,19-,20-,23-/m0/s1. The van der Waals surface area contributed by atoms with Gasteiger partial charge in [0.1, 0.15) is 5.75 Å². The molecule has 1 aromatic carbocycles. The highest BCUT2D eigenvalue weighted by molar-refractivity contribution is 5.89. The van der Waals surface area contributed by atoms with Crippen LogP contribution in [0.15, 0.2) is 24.3 Å². The van der Waals surface area contributed by atoms with Crippen LogP contribution in [0.4, 0.5) is 0 Å². The van der Waals surface area contributed by atoms with Crippen molar-refractivity contribution in [2.75, 3.05) is 26.7 Å². The summed E-state index contributed by atoms with van der Waals surface area (Å²) in [4.78, 5) is 37.3. The van der Waals surface area contributed by atoms with Crippen molar-refractivity contribution in [1.82, 2.24) is 16.0 Å². The summed E-state index contributed by atoms with van der Waals surface area (Å²) in [6.45, 7) is 4.73. The summed E-state index contributed by atoms with van der Waals surface area (Å²) in [7, 11) is 1.87. The lowest BCUT2D eigenvalue weighted by Gasteiger charge is -2.22. The summed E-state index contributed by atoms with van der Waals surface area (Å²) in [6, 6.07) is 4.65. The Labute approximate surface area is 197 Å². The largest absolute Gasteiger partial charge is 0.508 e. The second-order valence-electron chi connectivity index (χ2n) is 8.58. The van der Waals surface area contributed by atoms with Gasteiger partial charge in [-0.2, -0.15) is 0 Å². The van der Waals surface area contributed by atoms with Gasteiger partial charge < -0.3 is 27.2 Å². The fourth-order valence-corrected chi connectivity index (χ4v) is 3.43. The summed E-state index contributed by atoms with van der Waals surface area (Å²) in [5.41, 5.74) is 12.4. The molecule has 0 aliphatic carbocycles. The predicted molar refractivity (Wildman–Crippen MR) is 130 cm³/mol. The average Bonchev–Trinajstić information content (AvgIpc) is 2.80. The quantitative estimate of drug-likeness (QED) is 0.169. The Kier molecular flexibility index (Phi) is 13.5. The van der Waals surface area contributed by atoms with E-state index in [9.17, 15) is 19.5 Å². The molecule has 1 aromatic rings. The predicted octanol–water partition coefficient (Wildman–Crippen LogP) is 0.238. The van der Waals surface area contributed by atoms with Crippen LogP contribution in [0.5, 0.6) is 5.75 Å². The number of hydrogen-bond acceptors (Lipinski definition) is 8. The van der Waals surface area contributed by atoms with Gasteiger partial charge in [-0.25, -0.2) is 0 Å². The summed E-state index contributed by atoms with van der Waals surface area (Å²) < 4.78 is 0. The van der Waals surface area contributed by atoms with Crippen LogP contribution in [-0.2, 0) is 20.8 Å². The molecule has 0 unspecified atom stereocenters. The Bertz CT molecular complexity index is 741. The summed E-state index contributed by atoms with van der Waals surface area (Å²) >= 11 is 0. The van der Waals surface area contributed by atoms with Crippen LogP contribution in [0.1, 0.15) is 45.1 Å². The number of phenols is 1. The molecule has 0 saturated carbocycles. The molecule has 33 heavy (non-hydrogen) atoms. The zero-order chi connectivity index (χ0) is 24.8. The highest BCUT2D eigenvalue weighted by atomic mass is 16.3. The topological polar surface area (TPSA) is 160 Å². The number of nitrogens with two attached hydrogens (primary N) is 2. The highest BCUT2D eigenvalue weighted by Gasteiger charge is 2.24. The number of aromatic hydroxyl groups is 1. The fourth-order valence-electron chi connectivity index (χ4n) is 3.43. The minimum absolute atomic E-state index is 0.0285. The smallest absolute Gasteiger partial charge is 0.234 e. The molecule has 0 heterocycles. The lowest BCUT2D eigenvalue weighted by atomic mass is 9.96. The van der Waals surface area contributed by atoms with Gasteiger partial charge in [-0.1, -0.05) is 38.8 Å². The number of primary amides is 1. The number of unbranched alkanes of at least 4 members (excludes halogenated alkanes) is 1. The van der Waals surface area contributed by atoms with Gasteiger partial charge in [0.2, 0.25) is 5.91 Å². The Hall–Kier alpha value is -2.33. The molecule has 4 atom stereocenters. The third-order valence-electron chi connectivity index (χ3n) is 5.95. The summed E-state index contributed by atoms with van der Waals surface area (Å²) in [5.74, 6) is -0.618. The Morgan fingerprint density at radius 2 is 1.61 bits per heavy atom. The molecule has 1 amide bonds. The van der Waals surface area contributed by atoms with Crippen molar-refractivity contribution in [2.24, 2.45) is 17.4 Å². The van der Waals surface area contributed by atoms with Crippen LogP contribution >= 0.6 is 0 Å². The maximum atomic E-state index is 12.9. The first kappa shape index (κ1) is 28.7. The molecule has 0 bridgehead atoms. The Morgan fingerprint density at radius 3 is 2.18 bits per heavy atom. The second kappa shape index (κ2) is 15.5. The van der Waals surface area contributed by atoms with Gasteiger partial charge in [-0.05, 0) is 56.5 Å². The van der Waals surface area contributed by atoms with Gasteiger partial charge in [-0.3, -0.25) is 19.7 Å². The molecule has 0 aliphatic rings. The minimum atomic E-state index is -0.733. The van der Waals surface area contributed by atoms with Gasteiger partial charge in [0.05, 0.1) is 31.2 Å². The molecule has 9 heteroatoms. The van der Waals surface area contributed by atoms with E-state index in [1.165, 1.54) is 12.1 Å². The van der Waals surface area contributed by atoms with Gasteiger partial charge >= 0.3 is 0 Å². The number of hydrogen-bond donors (Lipinski definition) is 6. The minimum Gasteiger partial charge on any atom is -0.508 e. The molecular formula is C24H41N5O4. The van der Waals surface area contributed by atoms with Crippen molar-refractivity contribution in [1.29, 1.82) is 0 Å². The fraction of sp³-hybridized carbons (Fsp3) is 0.625. The lowest BCUT2D eigenvalue weighted by molar-refractivity contribution is -0.122. The first-order valence-corrected chi connectivity index (χ1v) is 11.7. The maximum absolute atomic E-state index is 12.9. The van der Waals surface area contributed by atoms with Crippen molar-refractivity contribution in [2.45, 2.75) is 64.1 Å². The number of Topliss-reactive ketones (excluding diaryl/α,β-unsaturated/α-hetero) is 2. The SMILES string of the molecule is CC[C@H](C)[C@H](N)C(=O)CN[C@@H](CCCCNC)C(=O)CN[C@@H](Cc1ccc(O)cc1)C(N)=O. The van der Waals surface area contributed by atoms with E-state index in [-0.39, 0.29) is 36.3 Å². The number of rotatable bonds is 18. The van der Waals surface area contributed by atoms with Crippen LogP contribution in [0.3, 0.4) is 0 Å². The van der Waals surface area contributed by atoms with Crippen LogP contribution in [0, 0.1) is 5.92 Å². The first-order valence-electron chi connectivity index (χ1n) is 11.7. The van der Waals surface area contributed by atoms with Gasteiger partial charge in [0, 0.05) is 0 Å². The molecule has 9 nitrogen and oxygen atoms in total. The van der Waals surface area contributed by atoms with E-state index >= 15 is 0 Å². The average molecular weight is 464 g/mol. The van der Waals surface area contributed by atoms with E-state index in [0.29, 0.717) is 12.8 Å². The second-order valence-corrected chi connectivity index (χ2v) is 8.58. The Morgan fingerprint density at radius 1 is 1.00 bits per heavy atom. The number of carbonyl (C=O) groups excluding carboxylic acids is 3. The number of carbonyl (C=O) groups is 3. The van der Waals surface area contributed by atoms with E-state index in [4.69, 9.17) is 11.5 Å². The van der Waals surface area contributed by atoms with E-state index in [1.807, 2.05) is 20.9 Å². The van der Waals surface area contributed by atoms with Gasteiger partial charge in [0.25, 0.3) is 0 Å². The molecule has 0 radical (unpaired) electrons. The monoisotopic (exact) mass is 463 g/mol. The third kappa shape index (κ3) is 10.9. The first-order chi connectivity index (χ1) is 15.7. The number of benzene rings is 1. The number of nitrogens with one attached hydrogen (secondary N) is 3. The van der Waals surface area contributed by atoms with Crippen molar-refractivity contribution in [3.8, 4) is 5.75 Å². The molecule has 0 saturated heterocycles. The van der Waals surface area contributed by atoms with Crippen molar-refractivity contribution in [3.63, 3.8) is 0 Å². The molecule has 186 valence electrons. The van der Waals surface area contributed by atoms with Gasteiger partial charge in [0.15, 0.2) is 11.6 Å². The number of phenolic OH excluding ortho intramolecular Hbond substituents is 1. The van der Waals surface area contributed by atoms with Gasteiger partial charge in [-0.15, -0.1) is 0 Å². The number of amides is 1. The molecule has 0 spiro atoms. The van der Waals surface area contributed by atoms with E-state index in [2.05, 4.69) is 16.0 Å². The maximum Gasteiger partial charge on any atom is 0.234 e. The number of ketones is 2. The molecule has 0 aliphatic heterocycles. The zero-order valence-corrected chi connectivity index (χ0v) is 20.1. The lowest BCUT2D eigenvalue weighted by Crippen LogP contribution is -2.50. The highest BCUT2D eigenvalue weighted by Crippen LogP contribution is 2.11. The summed E-state index contributed by atoms with van der Waals surface area (Å²) in [5, 5.41) is 18.5. The van der Waals surface area contributed by atoms with Crippen molar-refractivity contribution < 1.29 is 19.5 Å². The van der Waals surface area contributed by atoms with Crippen LogP contribution in [-0.4, -0.2) is 67.4 Å². The zero-order valence-electron chi connectivity index (χ0n) is 20.1. The van der Waals surface area contributed by atoms with E-state index < -0.39 is 24.0 Å². The van der Waals surface area contributed by atoms with E-state index in [1.54, 1.807) is 12.1 Å².